The molecule has 0 saturated heterocycles. The predicted octanol–water partition coefficient (Wildman–Crippen LogP) is 4.67. The zero-order chi connectivity index (χ0) is 18.7. The molecule has 134 valence electrons. The van der Waals surface area contributed by atoms with Crippen molar-refractivity contribution >= 4 is 15.7 Å². The highest BCUT2D eigenvalue weighted by Gasteiger charge is 2.27. The van der Waals surface area contributed by atoms with Crippen molar-refractivity contribution < 1.29 is 17.2 Å². The smallest absolute Gasteiger partial charge is 0.262 e. The highest BCUT2D eigenvalue weighted by atomic mass is 32.2. The van der Waals surface area contributed by atoms with E-state index in [2.05, 4.69) is 0 Å². The van der Waals surface area contributed by atoms with Crippen LogP contribution < -0.4 is 4.31 Å². The Morgan fingerprint density at radius 1 is 0.846 bits per heavy atom. The van der Waals surface area contributed by atoms with Gasteiger partial charge in [-0.1, -0.05) is 36.4 Å². The minimum atomic E-state index is -4.02. The first kappa shape index (κ1) is 18.1. The van der Waals surface area contributed by atoms with E-state index in [9.17, 15) is 17.2 Å². The van der Waals surface area contributed by atoms with Gasteiger partial charge in [-0.25, -0.2) is 17.2 Å². The summed E-state index contributed by atoms with van der Waals surface area (Å²) in [6, 6.07) is 17.8. The molecule has 0 N–H and O–H groups in total. The number of benzene rings is 3. The summed E-state index contributed by atoms with van der Waals surface area (Å²) < 4.78 is 54.6. The van der Waals surface area contributed by atoms with E-state index in [0.717, 1.165) is 6.07 Å². The molecule has 3 aromatic rings. The average Bonchev–Trinajstić information content (AvgIpc) is 2.63. The molecule has 0 unspecified atom stereocenters. The predicted molar refractivity (Wildman–Crippen MR) is 97.3 cm³/mol. The number of aryl methyl sites for hydroxylation is 1. The van der Waals surface area contributed by atoms with Crippen LogP contribution in [0.2, 0.25) is 0 Å². The number of halogens is 2. The Hall–Kier alpha value is -2.73. The third-order valence-electron chi connectivity index (χ3n) is 4.00. The van der Waals surface area contributed by atoms with Crippen molar-refractivity contribution in [2.45, 2.75) is 18.4 Å². The van der Waals surface area contributed by atoms with Gasteiger partial charge in [0.05, 0.1) is 17.1 Å². The van der Waals surface area contributed by atoms with Crippen LogP contribution in [0, 0.1) is 18.6 Å². The largest absolute Gasteiger partial charge is 0.264 e. The molecule has 0 aliphatic carbocycles. The van der Waals surface area contributed by atoms with Gasteiger partial charge in [-0.05, 0) is 54.4 Å². The zero-order valence-corrected chi connectivity index (χ0v) is 14.9. The third-order valence-corrected chi connectivity index (χ3v) is 5.92. The van der Waals surface area contributed by atoms with Gasteiger partial charge in [-0.15, -0.1) is 0 Å². The monoisotopic (exact) mass is 373 g/mol. The molecular formula is C20H17F2NO2S. The van der Waals surface area contributed by atoms with Crippen molar-refractivity contribution in [3.8, 4) is 0 Å². The van der Waals surface area contributed by atoms with Crippen molar-refractivity contribution in [1.29, 1.82) is 0 Å². The highest BCUT2D eigenvalue weighted by Crippen LogP contribution is 2.28. The fourth-order valence-electron chi connectivity index (χ4n) is 2.64. The van der Waals surface area contributed by atoms with E-state index in [-0.39, 0.29) is 11.4 Å². The summed E-state index contributed by atoms with van der Waals surface area (Å²) in [6.07, 6.45) is 0. The van der Waals surface area contributed by atoms with Gasteiger partial charge >= 0.3 is 0 Å². The van der Waals surface area contributed by atoms with E-state index in [1.165, 1.54) is 40.7 Å². The summed E-state index contributed by atoms with van der Waals surface area (Å²) >= 11 is 0. The van der Waals surface area contributed by atoms with Gasteiger partial charge in [-0.3, -0.25) is 4.31 Å². The molecule has 0 aliphatic rings. The SMILES string of the molecule is Cc1ccc(F)cc1S(=O)(=O)N(Cc1ccc(F)cc1)c1ccccc1. The Balaban J connectivity index is 2.10. The van der Waals surface area contributed by atoms with Crippen LogP contribution in [0.3, 0.4) is 0 Å². The number of hydrogen-bond acceptors (Lipinski definition) is 2. The van der Waals surface area contributed by atoms with Crippen LogP contribution in [0.25, 0.3) is 0 Å². The van der Waals surface area contributed by atoms with Gasteiger partial charge in [0, 0.05) is 0 Å². The van der Waals surface area contributed by atoms with Crippen molar-refractivity contribution in [3.63, 3.8) is 0 Å². The lowest BCUT2D eigenvalue weighted by atomic mass is 10.2. The van der Waals surface area contributed by atoms with Crippen LogP contribution in [0.5, 0.6) is 0 Å². The maximum absolute atomic E-state index is 13.7. The minimum absolute atomic E-state index is 0.00256. The van der Waals surface area contributed by atoms with Crippen molar-refractivity contribution in [3.05, 3.63) is 95.6 Å². The number of anilines is 1. The van der Waals surface area contributed by atoms with Crippen LogP contribution in [0.4, 0.5) is 14.5 Å². The summed E-state index contributed by atoms with van der Waals surface area (Å²) in [4.78, 5) is -0.0940. The average molecular weight is 373 g/mol. The maximum Gasteiger partial charge on any atom is 0.264 e. The normalized spacial score (nSPS) is 11.3. The molecule has 0 bridgehead atoms. The summed E-state index contributed by atoms with van der Waals surface area (Å²) in [7, 11) is -4.02. The topological polar surface area (TPSA) is 37.4 Å². The van der Waals surface area contributed by atoms with Gasteiger partial charge in [0.25, 0.3) is 10.0 Å². The van der Waals surface area contributed by atoms with Crippen LogP contribution in [-0.4, -0.2) is 8.42 Å². The molecule has 0 atom stereocenters. The molecule has 0 aromatic heterocycles. The van der Waals surface area contributed by atoms with Gasteiger partial charge in [-0.2, -0.15) is 0 Å². The van der Waals surface area contributed by atoms with Crippen molar-refractivity contribution in [2.75, 3.05) is 4.31 Å². The molecule has 3 nitrogen and oxygen atoms in total. The second-order valence-corrected chi connectivity index (χ2v) is 7.71. The van der Waals surface area contributed by atoms with Crippen LogP contribution in [0.15, 0.2) is 77.7 Å². The lowest BCUT2D eigenvalue weighted by Crippen LogP contribution is -2.31. The molecule has 0 amide bonds. The molecule has 6 heteroatoms. The molecule has 3 aromatic carbocycles. The Kier molecular flexibility index (Phi) is 5.04. The molecule has 0 radical (unpaired) electrons. The van der Waals surface area contributed by atoms with Crippen LogP contribution >= 0.6 is 0 Å². The second-order valence-electron chi connectivity index (χ2n) is 5.88. The van der Waals surface area contributed by atoms with E-state index in [1.54, 1.807) is 37.3 Å². The number of hydrogen-bond donors (Lipinski definition) is 0. The fraction of sp³-hybridized carbons (Fsp3) is 0.100. The number of para-hydroxylation sites is 1. The first-order valence-electron chi connectivity index (χ1n) is 7.96. The van der Waals surface area contributed by atoms with Gasteiger partial charge < -0.3 is 0 Å². The van der Waals surface area contributed by atoms with Crippen LogP contribution in [-0.2, 0) is 16.6 Å². The standard InChI is InChI=1S/C20H17F2NO2S/c1-15-7-10-18(22)13-20(15)26(24,25)23(19-5-3-2-4-6-19)14-16-8-11-17(21)12-9-16/h2-13H,14H2,1H3. The fourth-order valence-corrected chi connectivity index (χ4v) is 4.33. The molecule has 3 rings (SSSR count). The van der Waals surface area contributed by atoms with Gasteiger partial charge in [0.15, 0.2) is 0 Å². The summed E-state index contributed by atoms with van der Waals surface area (Å²) in [5.41, 5.74) is 1.51. The molecule has 26 heavy (non-hydrogen) atoms. The van der Waals surface area contributed by atoms with E-state index in [0.29, 0.717) is 16.8 Å². The molecule has 0 heterocycles. The first-order chi connectivity index (χ1) is 12.4. The number of nitrogens with zero attached hydrogens (tertiary/aromatic N) is 1. The minimum Gasteiger partial charge on any atom is -0.262 e. The molecule has 0 spiro atoms. The highest BCUT2D eigenvalue weighted by molar-refractivity contribution is 7.92. The van der Waals surface area contributed by atoms with E-state index in [4.69, 9.17) is 0 Å². The van der Waals surface area contributed by atoms with E-state index >= 15 is 0 Å². The lowest BCUT2D eigenvalue weighted by molar-refractivity contribution is 0.584. The Morgan fingerprint density at radius 2 is 1.46 bits per heavy atom. The Labute approximate surface area is 151 Å². The summed E-state index contributed by atoms with van der Waals surface area (Å²) in [5, 5.41) is 0. The Bertz CT molecular complexity index is 1000. The van der Waals surface area contributed by atoms with Crippen molar-refractivity contribution in [1.82, 2.24) is 0 Å². The van der Waals surface area contributed by atoms with E-state index < -0.39 is 21.7 Å². The maximum atomic E-state index is 13.7. The van der Waals surface area contributed by atoms with Crippen LogP contribution in [0.1, 0.15) is 11.1 Å². The number of rotatable bonds is 5. The summed E-state index contributed by atoms with van der Waals surface area (Å²) in [6.45, 7) is 1.62. The molecular weight excluding hydrogens is 356 g/mol. The third kappa shape index (κ3) is 3.75. The van der Waals surface area contributed by atoms with Crippen molar-refractivity contribution in [2.24, 2.45) is 0 Å². The zero-order valence-electron chi connectivity index (χ0n) is 14.1. The molecule has 0 aliphatic heterocycles. The Morgan fingerprint density at radius 3 is 2.12 bits per heavy atom. The first-order valence-corrected chi connectivity index (χ1v) is 9.40. The van der Waals surface area contributed by atoms with E-state index in [1.807, 2.05) is 0 Å². The quantitative estimate of drug-likeness (QED) is 0.652. The lowest BCUT2D eigenvalue weighted by Gasteiger charge is -2.25. The second kappa shape index (κ2) is 7.25. The summed E-state index contributed by atoms with van der Waals surface area (Å²) in [5.74, 6) is -1.02. The van der Waals surface area contributed by atoms with Gasteiger partial charge in [0.1, 0.15) is 11.6 Å². The van der Waals surface area contributed by atoms with Gasteiger partial charge in [0.2, 0.25) is 0 Å². The molecule has 0 fully saturated rings. The molecule has 0 saturated carbocycles. The number of sulfonamides is 1.